The molecule has 1 fully saturated rings. The third kappa shape index (κ3) is 4.44. The summed E-state index contributed by atoms with van der Waals surface area (Å²) in [5.74, 6) is 0.926. The molecule has 1 aliphatic rings. The van der Waals surface area contributed by atoms with Gasteiger partial charge in [0.25, 0.3) is 5.91 Å². The van der Waals surface area contributed by atoms with Crippen molar-refractivity contribution >= 4 is 15.9 Å². The van der Waals surface area contributed by atoms with E-state index in [-0.39, 0.29) is 17.4 Å². The van der Waals surface area contributed by atoms with E-state index in [1.54, 1.807) is 0 Å². The molecule has 1 saturated heterocycles. The Morgan fingerprint density at radius 2 is 2.05 bits per heavy atom. The van der Waals surface area contributed by atoms with Crippen LogP contribution >= 0.6 is 0 Å². The van der Waals surface area contributed by atoms with Crippen molar-refractivity contribution in [3.63, 3.8) is 0 Å². The Morgan fingerprint density at radius 3 is 2.62 bits per heavy atom. The summed E-state index contributed by atoms with van der Waals surface area (Å²) in [6, 6.07) is 5.70. The van der Waals surface area contributed by atoms with Crippen LogP contribution in [0.25, 0.3) is 0 Å². The Morgan fingerprint density at radius 1 is 1.38 bits per heavy atom. The molecular formula is C14H20N2O4S. The summed E-state index contributed by atoms with van der Waals surface area (Å²) in [6.07, 6.45) is 2.18. The maximum Gasteiger partial charge on any atom is 0.260 e. The number of carbonyl (C=O) groups is 1. The van der Waals surface area contributed by atoms with Gasteiger partial charge in [0.15, 0.2) is 6.61 Å². The van der Waals surface area contributed by atoms with Crippen LogP contribution in [0.1, 0.15) is 19.8 Å². The lowest BCUT2D eigenvalue weighted by molar-refractivity contribution is -0.135. The molecule has 2 N–H and O–H groups in total. The summed E-state index contributed by atoms with van der Waals surface area (Å²) in [6.45, 7) is 3.64. The number of rotatable bonds is 4. The van der Waals surface area contributed by atoms with E-state index in [0.29, 0.717) is 11.7 Å². The van der Waals surface area contributed by atoms with Gasteiger partial charge in [0.2, 0.25) is 10.0 Å². The molecule has 0 spiro atoms. The lowest BCUT2D eigenvalue weighted by atomic mass is 10.0. The molecule has 0 aromatic heterocycles. The number of piperidine rings is 1. The average Bonchev–Trinajstić information content (AvgIpc) is 2.44. The van der Waals surface area contributed by atoms with Crippen LogP contribution in [0.3, 0.4) is 0 Å². The van der Waals surface area contributed by atoms with Crippen molar-refractivity contribution in [2.75, 3.05) is 19.7 Å². The summed E-state index contributed by atoms with van der Waals surface area (Å²) in [5, 5.41) is 5.01. The first kappa shape index (κ1) is 15.8. The van der Waals surface area contributed by atoms with E-state index in [9.17, 15) is 13.2 Å². The molecule has 2 rings (SSSR count). The van der Waals surface area contributed by atoms with Gasteiger partial charge in [-0.25, -0.2) is 13.6 Å². The number of hydrogen-bond donors (Lipinski definition) is 1. The largest absolute Gasteiger partial charge is 0.484 e. The Hall–Kier alpha value is -1.60. The third-order valence-electron chi connectivity index (χ3n) is 3.52. The quantitative estimate of drug-likeness (QED) is 0.897. The molecule has 0 bridgehead atoms. The van der Waals surface area contributed by atoms with Crippen LogP contribution in [0.15, 0.2) is 29.2 Å². The lowest BCUT2D eigenvalue weighted by Crippen LogP contribution is -2.41. The van der Waals surface area contributed by atoms with E-state index in [4.69, 9.17) is 9.88 Å². The van der Waals surface area contributed by atoms with Gasteiger partial charge >= 0.3 is 0 Å². The van der Waals surface area contributed by atoms with Crippen molar-refractivity contribution in [1.29, 1.82) is 0 Å². The molecule has 116 valence electrons. The molecule has 1 atom stereocenters. The van der Waals surface area contributed by atoms with E-state index in [1.807, 2.05) is 4.90 Å². The molecule has 0 aliphatic carbocycles. The first-order valence-corrected chi connectivity index (χ1v) is 8.44. The fourth-order valence-corrected chi connectivity index (χ4v) is 2.89. The molecule has 0 saturated carbocycles. The second kappa shape index (κ2) is 6.44. The zero-order valence-corrected chi connectivity index (χ0v) is 12.8. The van der Waals surface area contributed by atoms with Gasteiger partial charge in [-0.05, 0) is 43.0 Å². The van der Waals surface area contributed by atoms with Crippen LogP contribution in [-0.2, 0) is 14.8 Å². The summed E-state index contributed by atoms with van der Waals surface area (Å²) >= 11 is 0. The van der Waals surface area contributed by atoms with Crippen molar-refractivity contribution in [2.45, 2.75) is 24.7 Å². The van der Waals surface area contributed by atoms with E-state index >= 15 is 0 Å². The van der Waals surface area contributed by atoms with Crippen LogP contribution in [-0.4, -0.2) is 38.9 Å². The van der Waals surface area contributed by atoms with Crippen molar-refractivity contribution in [2.24, 2.45) is 11.1 Å². The van der Waals surface area contributed by atoms with Gasteiger partial charge in [-0.3, -0.25) is 4.79 Å². The number of nitrogens with two attached hydrogens (primary N) is 1. The Kier molecular flexibility index (Phi) is 4.84. The lowest BCUT2D eigenvalue weighted by Gasteiger charge is -2.30. The fourth-order valence-electron chi connectivity index (χ4n) is 2.38. The molecule has 6 nitrogen and oxygen atoms in total. The van der Waals surface area contributed by atoms with Gasteiger partial charge in [-0.15, -0.1) is 0 Å². The minimum Gasteiger partial charge on any atom is -0.484 e. The van der Waals surface area contributed by atoms with Gasteiger partial charge in [0.05, 0.1) is 4.90 Å². The number of nitrogens with zero attached hydrogens (tertiary/aromatic N) is 1. The topological polar surface area (TPSA) is 89.7 Å². The Balaban J connectivity index is 1.89. The number of hydrogen-bond acceptors (Lipinski definition) is 4. The van der Waals surface area contributed by atoms with Crippen LogP contribution in [0.4, 0.5) is 0 Å². The predicted octanol–water partition coefficient (Wildman–Crippen LogP) is 0.971. The summed E-state index contributed by atoms with van der Waals surface area (Å²) in [4.78, 5) is 13.9. The van der Waals surface area contributed by atoms with Crippen LogP contribution in [0, 0.1) is 5.92 Å². The summed E-state index contributed by atoms with van der Waals surface area (Å²) in [5.41, 5.74) is 0. The highest BCUT2D eigenvalue weighted by Crippen LogP contribution is 2.17. The number of carbonyl (C=O) groups excluding carboxylic acids is 1. The van der Waals surface area contributed by atoms with Gasteiger partial charge in [0, 0.05) is 13.1 Å². The highest BCUT2D eigenvalue weighted by atomic mass is 32.2. The molecule has 1 aliphatic heterocycles. The number of sulfonamides is 1. The molecule has 21 heavy (non-hydrogen) atoms. The number of benzene rings is 1. The number of amides is 1. The highest BCUT2D eigenvalue weighted by molar-refractivity contribution is 7.89. The predicted molar refractivity (Wildman–Crippen MR) is 78.3 cm³/mol. The van der Waals surface area contributed by atoms with E-state index in [2.05, 4.69) is 6.92 Å². The normalized spacial score (nSPS) is 19.3. The van der Waals surface area contributed by atoms with Gasteiger partial charge in [0.1, 0.15) is 5.75 Å². The van der Waals surface area contributed by atoms with Crippen LogP contribution in [0.5, 0.6) is 5.75 Å². The standard InChI is InChI=1S/C14H20N2O4S/c1-11-3-2-8-16(9-11)14(17)10-20-12-4-6-13(7-5-12)21(15,18)19/h4-7,11H,2-3,8-10H2,1H3,(H2,15,18,19)/t11-/m1/s1. The first-order valence-electron chi connectivity index (χ1n) is 6.89. The molecule has 0 radical (unpaired) electrons. The molecule has 1 amide bonds. The zero-order valence-electron chi connectivity index (χ0n) is 12.0. The molecule has 7 heteroatoms. The van der Waals surface area contributed by atoms with Crippen molar-refractivity contribution in [3.05, 3.63) is 24.3 Å². The third-order valence-corrected chi connectivity index (χ3v) is 4.45. The maximum absolute atomic E-state index is 12.0. The first-order chi connectivity index (χ1) is 9.86. The zero-order chi connectivity index (χ0) is 15.5. The van der Waals surface area contributed by atoms with E-state index < -0.39 is 10.0 Å². The summed E-state index contributed by atoms with van der Waals surface area (Å²) < 4.78 is 27.6. The van der Waals surface area contributed by atoms with Crippen molar-refractivity contribution in [1.82, 2.24) is 4.90 Å². The molecule has 1 heterocycles. The second-order valence-corrected chi connectivity index (χ2v) is 6.95. The minimum absolute atomic E-state index is 0.0195. The van der Waals surface area contributed by atoms with Crippen molar-refractivity contribution < 1.29 is 17.9 Å². The smallest absolute Gasteiger partial charge is 0.260 e. The second-order valence-electron chi connectivity index (χ2n) is 5.39. The monoisotopic (exact) mass is 312 g/mol. The van der Waals surface area contributed by atoms with E-state index in [0.717, 1.165) is 25.9 Å². The summed E-state index contributed by atoms with van der Waals surface area (Å²) in [7, 11) is -3.70. The average molecular weight is 312 g/mol. The SMILES string of the molecule is C[C@@H]1CCCN(C(=O)COc2ccc(S(N)(=O)=O)cc2)C1. The van der Waals surface area contributed by atoms with Crippen LogP contribution in [0.2, 0.25) is 0 Å². The molecule has 0 unspecified atom stereocenters. The molecule has 1 aromatic rings. The maximum atomic E-state index is 12.0. The minimum atomic E-state index is -3.70. The Labute approximate surface area is 124 Å². The molecular weight excluding hydrogens is 292 g/mol. The van der Waals surface area contributed by atoms with Gasteiger partial charge < -0.3 is 9.64 Å². The number of likely N-dealkylation sites (tertiary alicyclic amines) is 1. The van der Waals surface area contributed by atoms with Gasteiger partial charge in [-0.1, -0.05) is 6.92 Å². The highest BCUT2D eigenvalue weighted by Gasteiger charge is 2.21. The van der Waals surface area contributed by atoms with Gasteiger partial charge in [-0.2, -0.15) is 0 Å². The number of primary sulfonamides is 1. The van der Waals surface area contributed by atoms with Crippen molar-refractivity contribution in [3.8, 4) is 5.75 Å². The fraction of sp³-hybridized carbons (Fsp3) is 0.500. The van der Waals surface area contributed by atoms with E-state index in [1.165, 1.54) is 24.3 Å². The molecule has 1 aromatic carbocycles. The Bertz CT molecular complexity index is 598. The van der Waals surface area contributed by atoms with Crippen LogP contribution < -0.4 is 9.88 Å². The number of ether oxygens (including phenoxy) is 1.